The fourth-order valence-corrected chi connectivity index (χ4v) is 2.70. The minimum Gasteiger partial charge on any atom is -0.462 e. The smallest absolute Gasteiger partial charge is 0.462 e. The van der Waals surface area contributed by atoms with Crippen LogP contribution in [0.25, 0.3) is 0 Å². The molecule has 0 rings (SSSR count). The molecular formula is C13H24O5Si. The number of rotatable bonds is 10. The van der Waals surface area contributed by atoms with Crippen LogP contribution in [-0.4, -0.2) is 42.7 Å². The van der Waals surface area contributed by atoms with E-state index in [2.05, 4.69) is 6.58 Å². The highest BCUT2D eigenvalue weighted by Gasteiger charge is 2.33. The summed E-state index contributed by atoms with van der Waals surface area (Å²) in [7, 11) is 2.11. The molecule has 0 aliphatic carbocycles. The second-order valence-electron chi connectivity index (χ2n) is 4.03. The molecule has 0 aliphatic rings. The van der Waals surface area contributed by atoms with Crippen LogP contribution < -0.4 is 0 Å². The summed E-state index contributed by atoms with van der Waals surface area (Å²) >= 11 is 0. The first kappa shape index (κ1) is 18.0. The van der Waals surface area contributed by atoms with Crippen molar-refractivity contribution in [2.45, 2.75) is 26.2 Å². The molecule has 0 aromatic rings. The summed E-state index contributed by atoms with van der Waals surface area (Å²) in [6.45, 7) is 5.57. The third-order valence-corrected chi connectivity index (χ3v) is 4.87. The van der Waals surface area contributed by atoms with E-state index in [4.69, 9.17) is 18.0 Å². The number of hydrogen-bond acceptors (Lipinski definition) is 5. The van der Waals surface area contributed by atoms with Crippen LogP contribution in [0, 0.1) is 0 Å². The highest BCUT2D eigenvalue weighted by atomic mass is 28.4. The Labute approximate surface area is 116 Å². The van der Waals surface area contributed by atoms with E-state index < -0.39 is 8.80 Å². The number of unbranched alkanes of at least 4 members (excludes halogenated alkanes) is 2. The maximum absolute atomic E-state index is 11.1. The van der Waals surface area contributed by atoms with Crippen LogP contribution in [0.1, 0.15) is 26.2 Å². The molecule has 0 radical (unpaired) electrons. The highest BCUT2D eigenvalue weighted by Crippen LogP contribution is 2.09. The molecule has 5 nitrogen and oxygen atoms in total. The lowest BCUT2D eigenvalue weighted by Crippen LogP contribution is -2.40. The van der Waals surface area contributed by atoms with Crippen molar-refractivity contribution in [3.63, 3.8) is 0 Å². The van der Waals surface area contributed by atoms with Gasteiger partial charge in [0.2, 0.25) is 0 Å². The minimum absolute atomic E-state index is 0.333. The van der Waals surface area contributed by atoms with E-state index in [0.29, 0.717) is 12.2 Å². The van der Waals surface area contributed by atoms with Gasteiger partial charge in [0.25, 0.3) is 0 Å². The van der Waals surface area contributed by atoms with Crippen molar-refractivity contribution in [2.75, 3.05) is 27.9 Å². The Morgan fingerprint density at radius 3 is 2.21 bits per heavy atom. The molecule has 0 amide bonds. The lowest BCUT2D eigenvalue weighted by molar-refractivity contribution is -0.139. The largest absolute Gasteiger partial charge is 0.528 e. The van der Waals surface area contributed by atoms with E-state index in [1.54, 1.807) is 28.3 Å². The van der Waals surface area contributed by atoms with Crippen LogP contribution in [0.4, 0.5) is 0 Å². The molecule has 0 heterocycles. The molecule has 0 fully saturated rings. The van der Waals surface area contributed by atoms with Crippen molar-refractivity contribution in [1.29, 1.82) is 0 Å². The topological polar surface area (TPSA) is 54.0 Å². The number of ether oxygens (including phenoxy) is 1. The van der Waals surface area contributed by atoms with Gasteiger partial charge < -0.3 is 18.0 Å². The molecule has 19 heavy (non-hydrogen) atoms. The van der Waals surface area contributed by atoms with Crippen LogP contribution >= 0.6 is 0 Å². The third kappa shape index (κ3) is 7.27. The van der Waals surface area contributed by atoms with Gasteiger partial charge in [-0.2, -0.15) is 0 Å². The quantitative estimate of drug-likeness (QED) is 0.267. The molecule has 0 N–H and O–H groups in total. The summed E-state index contributed by atoms with van der Waals surface area (Å²) < 4.78 is 20.7. The van der Waals surface area contributed by atoms with Gasteiger partial charge in [0.05, 0.1) is 6.61 Å². The predicted molar refractivity (Wildman–Crippen MR) is 75.5 cm³/mol. The summed E-state index contributed by atoms with van der Waals surface area (Å²) in [4.78, 5) is 11.1. The Hall–Kier alpha value is -0.953. The van der Waals surface area contributed by atoms with Crippen LogP contribution in [0.3, 0.4) is 0 Å². The average molecular weight is 288 g/mol. The van der Waals surface area contributed by atoms with Crippen LogP contribution in [0.15, 0.2) is 23.9 Å². The van der Waals surface area contributed by atoms with Gasteiger partial charge in [-0.05, 0) is 31.9 Å². The van der Waals surface area contributed by atoms with Gasteiger partial charge in [-0.25, -0.2) is 4.79 Å². The van der Waals surface area contributed by atoms with Gasteiger partial charge in [0.1, 0.15) is 0 Å². The minimum atomic E-state index is -2.60. The van der Waals surface area contributed by atoms with Crippen molar-refractivity contribution in [1.82, 2.24) is 0 Å². The zero-order valence-corrected chi connectivity index (χ0v) is 13.2. The molecule has 0 bridgehead atoms. The number of allylic oxidation sites excluding steroid dienone is 1. The molecule has 0 aromatic heterocycles. The molecule has 0 atom stereocenters. The fraction of sp³-hybridized carbons (Fsp3) is 0.615. The van der Waals surface area contributed by atoms with E-state index in [1.807, 2.05) is 11.8 Å². The first-order chi connectivity index (χ1) is 9.01. The van der Waals surface area contributed by atoms with Gasteiger partial charge in [-0.1, -0.05) is 12.7 Å². The predicted octanol–water partition coefficient (Wildman–Crippen LogP) is 2.25. The number of carbonyl (C=O) groups excluding carboxylic acids is 1. The lowest BCUT2D eigenvalue weighted by atomic mass is 10.2. The summed E-state index contributed by atoms with van der Waals surface area (Å²) in [6, 6.07) is 0. The summed E-state index contributed by atoms with van der Waals surface area (Å²) in [6.07, 6.45) is 4.56. The molecule has 0 saturated carbocycles. The molecule has 6 heteroatoms. The Morgan fingerprint density at radius 2 is 1.74 bits per heavy atom. The molecule has 0 aromatic carbocycles. The van der Waals surface area contributed by atoms with Gasteiger partial charge in [-0.15, -0.1) is 0 Å². The zero-order chi connectivity index (χ0) is 14.7. The Balaban J connectivity index is 3.80. The highest BCUT2D eigenvalue weighted by molar-refractivity contribution is 6.66. The Morgan fingerprint density at radius 1 is 1.16 bits per heavy atom. The molecule has 0 aliphatic heterocycles. The Kier molecular flexibility index (Phi) is 9.41. The van der Waals surface area contributed by atoms with Gasteiger partial charge >= 0.3 is 14.8 Å². The summed E-state index contributed by atoms with van der Waals surface area (Å²) in [5.41, 5.74) is 2.28. The summed E-state index contributed by atoms with van der Waals surface area (Å²) in [5, 5.41) is 0. The van der Waals surface area contributed by atoms with Gasteiger partial charge in [0, 0.05) is 26.9 Å². The second-order valence-corrected chi connectivity index (χ2v) is 6.80. The van der Waals surface area contributed by atoms with Crippen molar-refractivity contribution in [3.8, 4) is 0 Å². The normalized spacial score (nSPS) is 11.8. The van der Waals surface area contributed by atoms with Crippen molar-refractivity contribution in [2.24, 2.45) is 0 Å². The van der Waals surface area contributed by atoms with Crippen molar-refractivity contribution >= 4 is 14.8 Å². The molecule has 110 valence electrons. The number of esters is 1. The standard InChI is InChI=1S/C13H24O5Si/c1-12(2)13(14)18-10-8-6-7-9-11-19(15-3,16-4)17-5/h9,11H,1,6-8,10H2,2-5H3. The van der Waals surface area contributed by atoms with E-state index in [1.165, 1.54) is 0 Å². The van der Waals surface area contributed by atoms with Crippen LogP contribution in [0.5, 0.6) is 0 Å². The van der Waals surface area contributed by atoms with E-state index in [9.17, 15) is 4.79 Å². The van der Waals surface area contributed by atoms with Gasteiger partial charge in [-0.3, -0.25) is 0 Å². The number of hydrogen-bond donors (Lipinski definition) is 0. The molecule has 0 unspecified atom stereocenters. The second kappa shape index (κ2) is 9.91. The van der Waals surface area contributed by atoms with E-state index >= 15 is 0 Å². The van der Waals surface area contributed by atoms with Crippen molar-refractivity contribution in [3.05, 3.63) is 23.9 Å². The monoisotopic (exact) mass is 288 g/mol. The van der Waals surface area contributed by atoms with Gasteiger partial charge in [0.15, 0.2) is 0 Å². The zero-order valence-electron chi connectivity index (χ0n) is 12.2. The Bertz CT molecular complexity index is 302. The fourth-order valence-electron chi connectivity index (χ4n) is 1.33. The third-order valence-electron chi connectivity index (χ3n) is 2.52. The number of carbonyl (C=O) groups is 1. The SMILES string of the molecule is C=C(C)C(=O)OCCCCC=C[Si](OC)(OC)OC. The summed E-state index contributed by atoms with van der Waals surface area (Å²) in [5.74, 6) is -0.333. The lowest BCUT2D eigenvalue weighted by Gasteiger charge is -2.20. The van der Waals surface area contributed by atoms with Crippen LogP contribution in [0.2, 0.25) is 0 Å². The van der Waals surface area contributed by atoms with Crippen LogP contribution in [-0.2, 0) is 22.8 Å². The molecule has 0 saturated heterocycles. The maximum atomic E-state index is 11.1. The first-order valence-corrected chi connectivity index (χ1v) is 7.97. The average Bonchev–Trinajstić information content (AvgIpc) is 2.42. The van der Waals surface area contributed by atoms with E-state index in [0.717, 1.165) is 19.3 Å². The molecule has 0 spiro atoms. The van der Waals surface area contributed by atoms with E-state index in [-0.39, 0.29) is 5.97 Å². The molecular weight excluding hydrogens is 264 g/mol. The first-order valence-electron chi connectivity index (χ1n) is 6.17. The maximum Gasteiger partial charge on any atom is 0.528 e. The van der Waals surface area contributed by atoms with Crippen molar-refractivity contribution < 1.29 is 22.8 Å².